The smallest absolute Gasteiger partial charge is 0.338 e. The van der Waals surface area contributed by atoms with Gasteiger partial charge in [0.15, 0.2) is 0 Å². The van der Waals surface area contributed by atoms with E-state index in [1.807, 2.05) is 0 Å². The standard InChI is InChI=1S/C12H25NO2Si/c1-9-5-4-6-11-10(9)7-8-13-12(11)16(14-2)15-3/h9-13,16H,4-8H2,1-3H3. The van der Waals surface area contributed by atoms with Crippen molar-refractivity contribution in [3.05, 3.63) is 0 Å². The van der Waals surface area contributed by atoms with E-state index in [0.717, 1.165) is 24.3 Å². The number of rotatable bonds is 3. The van der Waals surface area contributed by atoms with Crippen LogP contribution in [0, 0.1) is 17.8 Å². The monoisotopic (exact) mass is 243 g/mol. The fourth-order valence-corrected chi connectivity index (χ4v) is 5.75. The summed E-state index contributed by atoms with van der Waals surface area (Å²) in [7, 11) is 2.10. The van der Waals surface area contributed by atoms with E-state index < -0.39 is 9.28 Å². The first-order valence-electron chi connectivity index (χ1n) is 6.57. The van der Waals surface area contributed by atoms with Crippen molar-refractivity contribution < 1.29 is 8.85 Å². The van der Waals surface area contributed by atoms with Crippen molar-refractivity contribution in [2.75, 3.05) is 20.8 Å². The van der Waals surface area contributed by atoms with Gasteiger partial charge < -0.3 is 14.2 Å². The lowest BCUT2D eigenvalue weighted by Gasteiger charge is -2.46. The van der Waals surface area contributed by atoms with Crippen LogP contribution in [0.4, 0.5) is 0 Å². The molecule has 4 unspecified atom stereocenters. The van der Waals surface area contributed by atoms with Gasteiger partial charge in [-0.1, -0.05) is 19.8 Å². The molecule has 0 spiro atoms. The summed E-state index contributed by atoms with van der Waals surface area (Å²) in [4.78, 5) is 0. The maximum absolute atomic E-state index is 5.58. The molecule has 2 aliphatic rings. The molecule has 4 atom stereocenters. The van der Waals surface area contributed by atoms with Gasteiger partial charge in [0.1, 0.15) is 0 Å². The van der Waals surface area contributed by atoms with E-state index >= 15 is 0 Å². The summed E-state index contributed by atoms with van der Waals surface area (Å²) >= 11 is 0. The average molecular weight is 243 g/mol. The highest BCUT2D eigenvalue weighted by Gasteiger charge is 2.42. The highest BCUT2D eigenvalue weighted by atomic mass is 28.3. The third kappa shape index (κ3) is 2.35. The van der Waals surface area contributed by atoms with Crippen LogP contribution >= 0.6 is 0 Å². The second-order valence-electron chi connectivity index (χ2n) is 5.34. The van der Waals surface area contributed by atoms with Crippen LogP contribution in [0.25, 0.3) is 0 Å². The normalized spacial score (nSPS) is 39.8. The van der Waals surface area contributed by atoms with Crippen molar-refractivity contribution >= 4 is 9.28 Å². The molecule has 0 bridgehead atoms. The fraction of sp³-hybridized carbons (Fsp3) is 1.00. The molecule has 0 aromatic carbocycles. The van der Waals surface area contributed by atoms with Gasteiger partial charge >= 0.3 is 9.28 Å². The van der Waals surface area contributed by atoms with Crippen LogP contribution in [0.2, 0.25) is 0 Å². The van der Waals surface area contributed by atoms with Crippen LogP contribution in [0.5, 0.6) is 0 Å². The van der Waals surface area contributed by atoms with Crippen LogP contribution in [-0.4, -0.2) is 35.7 Å². The second-order valence-corrected chi connectivity index (χ2v) is 7.74. The van der Waals surface area contributed by atoms with Gasteiger partial charge in [0, 0.05) is 14.2 Å². The van der Waals surface area contributed by atoms with Crippen molar-refractivity contribution in [3.8, 4) is 0 Å². The largest absolute Gasteiger partial charge is 0.399 e. The molecule has 2 fully saturated rings. The van der Waals surface area contributed by atoms with Gasteiger partial charge in [-0.05, 0) is 37.1 Å². The topological polar surface area (TPSA) is 30.5 Å². The Hall–Kier alpha value is 0.0969. The van der Waals surface area contributed by atoms with Crippen LogP contribution < -0.4 is 5.32 Å². The minimum Gasteiger partial charge on any atom is -0.399 e. The molecule has 0 radical (unpaired) electrons. The highest BCUT2D eigenvalue weighted by Crippen LogP contribution is 2.41. The fourth-order valence-electron chi connectivity index (χ4n) is 3.73. The Morgan fingerprint density at radius 3 is 2.50 bits per heavy atom. The van der Waals surface area contributed by atoms with E-state index in [4.69, 9.17) is 8.85 Å². The first-order valence-corrected chi connectivity index (χ1v) is 8.18. The Morgan fingerprint density at radius 2 is 1.81 bits per heavy atom. The Labute approximate surface area is 101 Å². The summed E-state index contributed by atoms with van der Waals surface area (Å²) < 4.78 is 11.2. The molecule has 4 heteroatoms. The van der Waals surface area contributed by atoms with Crippen molar-refractivity contribution in [3.63, 3.8) is 0 Å². The Morgan fingerprint density at radius 1 is 1.06 bits per heavy atom. The molecule has 3 nitrogen and oxygen atoms in total. The van der Waals surface area contributed by atoms with Crippen LogP contribution in [-0.2, 0) is 8.85 Å². The highest BCUT2D eigenvalue weighted by molar-refractivity contribution is 6.46. The quantitative estimate of drug-likeness (QED) is 0.761. The first-order chi connectivity index (χ1) is 7.77. The first kappa shape index (κ1) is 12.6. The number of hydrogen-bond donors (Lipinski definition) is 1. The van der Waals surface area contributed by atoms with E-state index in [1.54, 1.807) is 14.2 Å². The summed E-state index contributed by atoms with van der Waals surface area (Å²) in [5.74, 6) is 2.60. The number of piperidine rings is 1. The van der Waals surface area contributed by atoms with Crippen molar-refractivity contribution in [1.82, 2.24) is 5.32 Å². The minimum absolute atomic E-state index is 0.525. The number of fused-ring (bicyclic) bond motifs is 1. The van der Waals surface area contributed by atoms with E-state index in [-0.39, 0.29) is 0 Å². The molecule has 1 aliphatic carbocycles. The second kappa shape index (κ2) is 5.62. The SMILES string of the molecule is CO[SiH](OC)C1NCCC2C(C)CCCC21. The minimum atomic E-state index is -1.51. The van der Waals surface area contributed by atoms with Crippen molar-refractivity contribution in [2.45, 2.75) is 38.3 Å². The summed E-state index contributed by atoms with van der Waals surface area (Å²) in [6.07, 6.45) is 5.51. The van der Waals surface area contributed by atoms with E-state index in [1.165, 1.54) is 25.7 Å². The van der Waals surface area contributed by atoms with E-state index in [0.29, 0.717) is 5.67 Å². The molecule has 1 aliphatic heterocycles. The predicted octanol–water partition coefficient (Wildman–Crippen LogP) is 1.45. The van der Waals surface area contributed by atoms with Crippen molar-refractivity contribution in [1.29, 1.82) is 0 Å². The Balaban J connectivity index is 2.07. The molecule has 94 valence electrons. The zero-order chi connectivity index (χ0) is 11.5. The molecular formula is C12H25NO2Si. The van der Waals surface area contributed by atoms with Crippen LogP contribution in [0.3, 0.4) is 0 Å². The lowest BCUT2D eigenvalue weighted by molar-refractivity contribution is 0.0936. The summed E-state index contributed by atoms with van der Waals surface area (Å²) in [5.41, 5.74) is 0.525. The van der Waals surface area contributed by atoms with Gasteiger partial charge in [-0.15, -0.1) is 0 Å². The zero-order valence-electron chi connectivity index (χ0n) is 10.7. The maximum Gasteiger partial charge on any atom is 0.338 e. The predicted molar refractivity (Wildman–Crippen MR) is 67.6 cm³/mol. The van der Waals surface area contributed by atoms with Crippen LogP contribution in [0.1, 0.15) is 32.6 Å². The molecule has 0 aromatic heterocycles. The third-order valence-corrected chi connectivity index (χ3v) is 6.80. The molecular weight excluding hydrogens is 218 g/mol. The summed E-state index contributed by atoms with van der Waals surface area (Å²) in [5, 5.41) is 3.65. The van der Waals surface area contributed by atoms with Gasteiger partial charge in [-0.25, -0.2) is 0 Å². The van der Waals surface area contributed by atoms with E-state index in [2.05, 4.69) is 12.2 Å². The molecule has 1 heterocycles. The van der Waals surface area contributed by atoms with E-state index in [9.17, 15) is 0 Å². The van der Waals surface area contributed by atoms with Gasteiger partial charge in [0.25, 0.3) is 0 Å². The van der Waals surface area contributed by atoms with Gasteiger partial charge in [0.2, 0.25) is 0 Å². The summed E-state index contributed by atoms with van der Waals surface area (Å²) in [6, 6.07) is 0. The lowest BCUT2D eigenvalue weighted by Crippen LogP contribution is -2.58. The maximum atomic E-state index is 5.58. The van der Waals surface area contributed by atoms with Crippen LogP contribution in [0.15, 0.2) is 0 Å². The Kier molecular flexibility index (Phi) is 4.41. The molecule has 1 N–H and O–H groups in total. The van der Waals surface area contributed by atoms with Crippen molar-refractivity contribution in [2.24, 2.45) is 17.8 Å². The van der Waals surface area contributed by atoms with Gasteiger partial charge in [0.05, 0.1) is 5.67 Å². The number of nitrogens with one attached hydrogen (secondary N) is 1. The molecule has 0 amide bonds. The lowest BCUT2D eigenvalue weighted by atomic mass is 9.69. The van der Waals surface area contributed by atoms with Gasteiger partial charge in [-0.3, -0.25) is 0 Å². The third-order valence-electron chi connectivity index (χ3n) is 4.55. The molecule has 2 rings (SSSR count). The molecule has 1 saturated carbocycles. The zero-order valence-corrected chi connectivity index (χ0v) is 11.9. The van der Waals surface area contributed by atoms with Gasteiger partial charge in [-0.2, -0.15) is 0 Å². The Bertz CT molecular complexity index is 221. The molecule has 16 heavy (non-hydrogen) atoms. The molecule has 1 saturated heterocycles. The number of hydrogen-bond acceptors (Lipinski definition) is 3. The average Bonchev–Trinajstić information content (AvgIpc) is 2.32. The summed E-state index contributed by atoms with van der Waals surface area (Å²) in [6.45, 7) is 3.57. The molecule has 0 aromatic rings.